The summed E-state index contributed by atoms with van der Waals surface area (Å²) in [6.07, 6.45) is 1.27. The number of nitrogens with two attached hydrogens (primary N) is 2. The minimum Gasteiger partial charge on any atom is -0.451 e. The predicted molar refractivity (Wildman–Crippen MR) is 92.1 cm³/mol. The van der Waals surface area contributed by atoms with Gasteiger partial charge in [0.25, 0.3) is 5.91 Å². The molecule has 0 aliphatic heterocycles. The van der Waals surface area contributed by atoms with Gasteiger partial charge in [0.2, 0.25) is 0 Å². The summed E-state index contributed by atoms with van der Waals surface area (Å²) in [7, 11) is 0. The molecule has 7 heteroatoms. The van der Waals surface area contributed by atoms with Crippen LogP contribution < -0.4 is 16.2 Å². The van der Waals surface area contributed by atoms with E-state index in [4.69, 9.17) is 16.2 Å². The molecule has 0 spiro atoms. The van der Waals surface area contributed by atoms with Crippen LogP contribution >= 0.6 is 0 Å². The number of hydrogen-bond donors (Lipinski definition) is 2. The van der Waals surface area contributed by atoms with Gasteiger partial charge < -0.3 is 16.2 Å². The molecule has 0 fully saturated rings. The topological polar surface area (TPSA) is 90.7 Å². The van der Waals surface area contributed by atoms with E-state index in [1.165, 1.54) is 13.0 Å². The van der Waals surface area contributed by atoms with Crippen molar-refractivity contribution in [2.24, 2.45) is 16.5 Å². The second-order valence-corrected chi connectivity index (χ2v) is 5.40. The highest BCUT2D eigenvalue weighted by atomic mass is 19.1. The fourth-order valence-corrected chi connectivity index (χ4v) is 2.00. The second kappa shape index (κ2) is 7.57. The first kappa shape index (κ1) is 18.1. The molecule has 130 valence electrons. The monoisotopic (exact) mass is 345 g/mol. The molecule has 4 N–H and O–H groups in total. The van der Waals surface area contributed by atoms with Crippen molar-refractivity contribution in [2.75, 3.05) is 0 Å². The van der Waals surface area contributed by atoms with E-state index in [9.17, 15) is 13.6 Å². The van der Waals surface area contributed by atoms with Crippen LogP contribution in [0.1, 0.15) is 18.1 Å². The molecule has 0 saturated carbocycles. The van der Waals surface area contributed by atoms with Gasteiger partial charge in [0.05, 0.1) is 0 Å². The number of carbonyl (C=O) groups excluding carboxylic acids is 1. The molecule has 0 aliphatic carbocycles. The largest absolute Gasteiger partial charge is 0.451 e. The average molecular weight is 345 g/mol. The van der Waals surface area contributed by atoms with Gasteiger partial charge in [0.1, 0.15) is 5.75 Å². The van der Waals surface area contributed by atoms with Crippen LogP contribution in [0.15, 0.2) is 47.0 Å². The highest BCUT2D eigenvalue weighted by molar-refractivity contribution is 6.03. The highest BCUT2D eigenvalue weighted by Gasteiger charge is 2.14. The number of hydrogen-bond acceptors (Lipinski definition) is 2. The summed E-state index contributed by atoms with van der Waals surface area (Å²) in [6, 6.07) is 8.86. The first-order valence-corrected chi connectivity index (χ1v) is 7.32. The lowest BCUT2D eigenvalue weighted by molar-refractivity contribution is -0.114. The van der Waals surface area contributed by atoms with E-state index < -0.39 is 29.3 Å². The molecular formula is C18H17F2N3O2. The van der Waals surface area contributed by atoms with Crippen molar-refractivity contribution in [3.8, 4) is 11.5 Å². The first-order valence-electron chi connectivity index (χ1n) is 7.32. The van der Waals surface area contributed by atoms with Gasteiger partial charge in [-0.1, -0.05) is 17.7 Å². The lowest BCUT2D eigenvalue weighted by Crippen LogP contribution is -2.24. The second-order valence-electron chi connectivity index (χ2n) is 5.40. The summed E-state index contributed by atoms with van der Waals surface area (Å²) in [5.41, 5.74) is 11.5. The number of carbonyl (C=O) groups is 1. The fourth-order valence-electron chi connectivity index (χ4n) is 2.00. The van der Waals surface area contributed by atoms with E-state index in [1.807, 2.05) is 6.92 Å². The highest BCUT2D eigenvalue weighted by Crippen LogP contribution is 2.29. The summed E-state index contributed by atoms with van der Waals surface area (Å²) in [6.45, 7) is 3.32. The molecule has 1 amide bonds. The normalized spacial score (nSPS) is 11.1. The van der Waals surface area contributed by atoms with Gasteiger partial charge in [0.15, 0.2) is 23.3 Å². The van der Waals surface area contributed by atoms with Crippen LogP contribution in [0.3, 0.4) is 0 Å². The summed E-state index contributed by atoms with van der Waals surface area (Å²) in [5.74, 6) is -3.08. The lowest BCUT2D eigenvalue weighted by atomic mass is 10.1. The van der Waals surface area contributed by atoms with Crippen molar-refractivity contribution in [3.63, 3.8) is 0 Å². The Labute approximate surface area is 143 Å². The quantitative estimate of drug-likeness (QED) is 0.505. The third kappa shape index (κ3) is 4.87. The smallest absolute Gasteiger partial charge is 0.275 e. The Bertz CT molecular complexity index is 832. The van der Waals surface area contributed by atoms with Crippen LogP contribution in [-0.2, 0) is 4.79 Å². The third-order valence-electron chi connectivity index (χ3n) is 3.21. The zero-order chi connectivity index (χ0) is 18.6. The van der Waals surface area contributed by atoms with Crippen molar-refractivity contribution in [2.45, 2.75) is 13.8 Å². The van der Waals surface area contributed by atoms with Crippen molar-refractivity contribution in [3.05, 3.63) is 64.7 Å². The Hall–Kier alpha value is -3.22. The van der Waals surface area contributed by atoms with Crippen LogP contribution in [0.5, 0.6) is 11.5 Å². The molecule has 25 heavy (non-hydrogen) atoms. The Morgan fingerprint density at radius 3 is 2.20 bits per heavy atom. The van der Waals surface area contributed by atoms with E-state index in [0.29, 0.717) is 5.75 Å². The van der Waals surface area contributed by atoms with Crippen LogP contribution in [0.2, 0.25) is 0 Å². The molecule has 2 rings (SSSR count). The molecule has 0 saturated heterocycles. The van der Waals surface area contributed by atoms with Gasteiger partial charge in [-0.2, -0.15) is 4.99 Å². The van der Waals surface area contributed by atoms with E-state index in [0.717, 1.165) is 17.7 Å². The number of rotatable bonds is 4. The van der Waals surface area contributed by atoms with Gasteiger partial charge >= 0.3 is 0 Å². The van der Waals surface area contributed by atoms with Crippen LogP contribution in [-0.4, -0.2) is 11.9 Å². The number of aryl methyl sites for hydroxylation is 1. The van der Waals surface area contributed by atoms with Crippen LogP contribution in [0, 0.1) is 18.6 Å². The number of aliphatic imine (C=N–C) groups is 1. The Morgan fingerprint density at radius 2 is 1.68 bits per heavy atom. The molecule has 0 atom stereocenters. The summed E-state index contributed by atoms with van der Waals surface area (Å²) < 4.78 is 33.6. The number of amides is 1. The molecule has 0 unspecified atom stereocenters. The molecule has 5 nitrogen and oxygen atoms in total. The molecule has 2 aromatic rings. The first-order chi connectivity index (χ1) is 11.8. The molecule has 0 heterocycles. The molecule has 0 radical (unpaired) electrons. The van der Waals surface area contributed by atoms with Crippen molar-refractivity contribution in [1.29, 1.82) is 0 Å². The van der Waals surface area contributed by atoms with Crippen LogP contribution in [0.25, 0.3) is 6.08 Å². The summed E-state index contributed by atoms with van der Waals surface area (Å²) in [5, 5.41) is 0. The summed E-state index contributed by atoms with van der Waals surface area (Å²) in [4.78, 5) is 15.0. The van der Waals surface area contributed by atoms with Crippen molar-refractivity contribution < 1.29 is 18.3 Å². The van der Waals surface area contributed by atoms with Gasteiger partial charge in [-0.15, -0.1) is 0 Å². The molecular weight excluding hydrogens is 328 g/mol. The Morgan fingerprint density at radius 1 is 1.12 bits per heavy atom. The maximum Gasteiger partial charge on any atom is 0.275 e. The van der Waals surface area contributed by atoms with Crippen molar-refractivity contribution in [1.82, 2.24) is 0 Å². The van der Waals surface area contributed by atoms with Gasteiger partial charge in [-0.3, -0.25) is 4.79 Å². The number of halogens is 2. The predicted octanol–water partition coefficient (Wildman–Crippen LogP) is 3.27. The van der Waals surface area contributed by atoms with Crippen molar-refractivity contribution >= 4 is 17.9 Å². The maximum absolute atomic E-state index is 14.2. The molecule has 0 bridgehead atoms. The number of guanidine groups is 1. The van der Waals surface area contributed by atoms with E-state index >= 15 is 0 Å². The third-order valence-corrected chi connectivity index (χ3v) is 3.21. The van der Waals surface area contributed by atoms with E-state index in [-0.39, 0.29) is 11.1 Å². The fraction of sp³-hybridized carbons (Fsp3) is 0.111. The van der Waals surface area contributed by atoms with Gasteiger partial charge in [-0.25, -0.2) is 8.78 Å². The van der Waals surface area contributed by atoms with E-state index in [2.05, 4.69) is 4.99 Å². The van der Waals surface area contributed by atoms with Crippen LogP contribution in [0.4, 0.5) is 8.78 Å². The van der Waals surface area contributed by atoms with Gasteiger partial charge in [0, 0.05) is 5.57 Å². The minimum absolute atomic E-state index is 0.124. The zero-order valence-electron chi connectivity index (χ0n) is 13.7. The minimum atomic E-state index is -0.895. The lowest BCUT2D eigenvalue weighted by Gasteiger charge is -2.09. The molecule has 0 aromatic heterocycles. The standard InChI is InChI=1S/C18H17F2N3O2/c1-10-3-5-13(6-4-10)25-16-14(19)8-12(9-15(16)20)7-11(2)17(24)23-18(21)22/h3-9H,1-2H3,(H4,21,22,23,24)/b11-7+. The molecule has 0 aliphatic rings. The summed E-state index contributed by atoms with van der Waals surface area (Å²) >= 11 is 0. The van der Waals surface area contributed by atoms with E-state index in [1.54, 1.807) is 24.3 Å². The SMILES string of the molecule is C/C(=C\c1cc(F)c(Oc2ccc(C)cc2)c(F)c1)C(=O)N=C(N)N. The average Bonchev–Trinajstić information content (AvgIpc) is 2.52. The number of nitrogens with zero attached hydrogens (tertiary/aromatic N) is 1. The number of benzene rings is 2. The maximum atomic E-state index is 14.2. The zero-order valence-corrected chi connectivity index (χ0v) is 13.7. The number of ether oxygens (including phenoxy) is 1. The Balaban J connectivity index is 2.29. The Kier molecular flexibility index (Phi) is 5.49. The van der Waals surface area contributed by atoms with Gasteiger partial charge in [-0.05, 0) is 49.8 Å². The molecule has 2 aromatic carbocycles.